The second kappa shape index (κ2) is 10.8. The molecule has 0 bridgehead atoms. The molecule has 2 aromatic carbocycles. The smallest absolute Gasteiger partial charge is 0.322 e. The zero-order valence-electron chi connectivity index (χ0n) is 19.6. The summed E-state index contributed by atoms with van der Waals surface area (Å²) in [6.07, 6.45) is 0.850. The molecule has 1 atom stereocenters. The van der Waals surface area contributed by atoms with Gasteiger partial charge in [0.05, 0.1) is 12.1 Å². The van der Waals surface area contributed by atoms with Crippen LogP contribution in [0.3, 0.4) is 0 Å². The maximum absolute atomic E-state index is 13.4. The maximum Gasteiger partial charge on any atom is 0.322 e. The minimum atomic E-state index is -0.117. The van der Waals surface area contributed by atoms with Crippen molar-refractivity contribution >= 4 is 29.4 Å². The predicted molar refractivity (Wildman–Crippen MR) is 137 cm³/mol. The minimum Gasteiger partial charge on any atom is -0.339 e. The van der Waals surface area contributed by atoms with E-state index >= 15 is 0 Å². The number of carbonyl (C=O) groups is 1. The second-order valence-electron chi connectivity index (χ2n) is 8.46. The molecule has 1 aromatic heterocycles. The lowest BCUT2D eigenvalue weighted by Gasteiger charge is -2.31. The summed E-state index contributed by atoms with van der Waals surface area (Å²) in [4.78, 5) is 17.6. The van der Waals surface area contributed by atoms with Crippen molar-refractivity contribution in [1.82, 2.24) is 10.1 Å². The lowest BCUT2D eigenvalue weighted by Crippen LogP contribution is -2.41. The number of urea groups is 1. The van der Waals surface area contributed by atoms with E-state index in [2.05, 4.69) is 29.2 Å². The maximum atomic E-state index is 13.4. The zero-order chi connectivity index (χ0) is 23.2. The van der Waals surface area contributed by atoms with Crippen LogP contribution >= 0.6 is 11.8 Å². The summed E-state index contributed by atoms with van der Waals surface area (Å²) in [5, 5.41) is 7.55. The van der Waals surface area contributed by atoms with Crippen LogP contribution in [0.1, 0.15) is 31.4 Å². The van der Waals surface area contributed by atoms with E-state index in [-0.39, 0.29) is 12.1 Å². The van der Waals surface area contributed by atoms with Crippen molar-refractivity contribution in [3.05, 3.63) is 65.7 Å². The summed E-state index contributed by atoms with van der Waals surface area (Å²) in [6.45, 7) is 8.49. The molecular weight excluding hydrogens is 432 g/mol. The molecule has 33 heavy (non-hydrogen) atoms. The van der Waals surface area contributed by atoms with Crippen molar-refractivity contribution in [2.24, 2.45) is 0 Å². The van der Waals surface area contributed by atoms with Gasteiger partial charge in [-0.05, 0) is 32.4 Å². The first kappa shape index (κ1) is 23.2. The first-order chi connectivity index (χ1) is 16.1. The van der Waals surface area contributed by atoms with Crippen LogP contribution in [0.15, 0.2) is 59.1 Å². The molecule has 2 amide bonds. The van der Waals surface area contributed by atoms with Crippen LogP contribution in [0.25, 0.3) is 11.3 Å². The third kappa shape index (κ3) is 5.53. The van der Waals surface area contributed by atoms with Gasteiger partial charge in [0.2, 0.25) is 5.88 Å². The molecular formula is C26H32N4O2S. The summed E-state index contributed by atoms with van der Waals surface area (Å²) in [5.41, 5.74) is 4.72. The quantitative estimate of drug-likeness (QED) is 0.462. The van der Waals surface area contributed by atoms with E-state index in [1.54, 1.807) is 0 Å². The molecule has 7 heteroatoms. The van der Waals surface area contributed by atoms with Crippen molar-refractivity contribution in [1.29, 1.82) is 0 Å². The number of anilines is 2. The summed E-state index contributed by atoms with van der Waals surface area (Å²) in [5.74, 6) is 2.90. The van der Waals surface area contributed by atoms with Gasteiger partial charge in [-0.3, -0.25) is 0 Å². The summed E-state index contributed by atoms with van der Waals surface area (Å²) >= 11 is 1.95. The highest BCUT2D eigenvalue weighted by Gasteiger charge is 2.28. The van der Waals surface area contributed by atoms with E-state index in [9.17, 15) is 4.79 Å². The molecule has 0 unspecified atom stereocenters. The van der Waals surface area contributed by atoms with E-state index in [4.69, 9.17) is 4.52 Å². The van der Waals surface area contributed by atoms with Crippen LogP contribution in [0.4, 0.5) is 16.4 Å². The number of nitrogens with zero attached hydrogens (tertiary/aromatic N) is 3. The monoisotopic (exact) mass is 464 g/mol. The van der Waals surface area contributed by atoms with Crippen molar-refractivity contribution in [3.8, 4) is 11.3 Å². The van der Waals surface area contributed by atoms with Gasteiger partial charge < -0.3 is 19.6 Å². The van der Waals surface area contributed by atoms with Crippen LogP contribution in [0.5, 0.6) is 0 Å². The molecule has 1 fully saturated rings. The number of rotatable bonds is 7. The van der Waals surface area contributed by atoms with Gasteiger partial charge in [-0.2, -0.15) is 11.8 Å². The van der Waals surface area contributed by atoms with Crippen molar-refractivity contribution in [3.63, 3.8) is 0 Å². The Balaban J connectivity index is 1.67. The van der Waals surface area contributed by atoms with Crippen molar-refractivity contribution in [2.45, 2.75) is 39.8 Å². The minimum absolute atomic E-state index is 0.0544. The third-order valence-corrected chi connectivity index (χ3v) is 7.07. The third-order valence-electron chi connectivity index (χ3n) is 6.13. The van der Waals surface area contributed by atoms with E-state index < -0.39 is 0 Å². The highest BCUT2D eigenvalue weighted by molar-refractivity contribution is 7.99. The van der Waals surface area contributed by atoms with E-state index in [1.807, 2.05) is 78.2 Å². The highest BCUT2D eigenvalue weighted by Crippen LogP contribution is 2.34. The average Bonchev–Trinajstić information content (AvgIpc) is 3.28. The fourth-order valence-electron chi connectivity index (χ4n) is 3.93. The van der Waals surface area contributed by atoms with Gasteiger partial charge in [0.25, 0.3) is 0 Å². The Hall–Kier alpha value is -2.93. The van der Waals surface area contributed by atoms with Gasteiger partial charge in [0.15, 0.2) is 0 Å². The number of aryl methyl sites for hydroxylation is 1. The molecule has 6 nitrogen and oxygen atoms in total. The van der Waals surface area contributed by atoms with Crippen LogP contribution in [-0.2, 0) is 6.54 Å². The fraction of sp³-hybridized carbons (Fsp3) is 0.385. The van der Waals surface area contributed by atoms with Gasteiger partial charge in [-0.25, -0.2) is 4.79 Å². The number of hydrogen-bond donors (Lipinski definition) is 1. The summed E-state index contributed by atoms with van der Waals surface area (Å²) < 4.78 is 5.92. The van der Waals surface area contributed by atoms with Crippen LogP contribution in [-0.4, -0.2) is 46.7 Å². The molecule has 1 aliphatic heterocycles. The van der Waals surface area contributed by atoms with Crippen molar-refractivity contribution in [2.75, 3.05) is 34.8 Å². The van der Waals surface area contributed by atoms with E-state index in [0.717, 1.165) is 65.0 Å². The number of benzene rings is 2. The second-order valence-corrected chi connectivity index (χ2v) is 9.69. The number of nitrogens with one attached hydrogen (secondary N) is 1. The van der Waals surface area contributed by atoms with Gasteiger partial charge in [0.1, 0.15) is 5.69 Å². The lowest BCUT2D eigenvalue weighted by molar-refractivity contribution is 0.187. The Labute approximate surface area is 200 Å². The molecule has 0 spiro atoms. The number of aromatic nitrogens is 1. The van der Waals surface area contributed by atoms with Gasteiger partial charge in [-0.15, -0.1) is 0 Å². The normalized spacial score (nSPS) is 14.7. The van der Waals surface area contributed by atoms with Crippen molar-refractivity contribution < 1.29 is 9.32 Å². The van der Waals surface area contributed by atoms with Gasteiger partial charge >= 0.3 is 6.03 Å². The standard InChI is InChI=1S/C26H32N4O2S/c1-4-20(3)30(26(31)27-22-12-10-19(2)11-13-22)18-23-24(21-8-6-5-7-9-21)28-32-25(23)29-14-16-33-17-15-29/h5-13,20H,4,14-18H2,1-3H3,(H,27,31)/t20-/m1/s1. The first-order valence-corrected chi connectivity index (χ1v) is 12.7. The number of carbonyl (C=O) groups excluding carboxylic acids is 1. The molecule has 0 radical (unpaired) electrons. The Morgan fingerprint density at radius 1 is 1.15 bits per heavy atom. The number of hydrogen-bond acceptors (Lipinski definition) is 5. The Morgan fingerprint density at radius 2 is 1.85 bits per heavy atom. The number of amides is 2. The molecule has 1 aliphatic rings. The largest absolute Gasteiger partial charge is 0.339 e. The van der Waals surface area contributed by atoms with Crippen LogP contribution in [0, 0.1) is 6.92 Å². The molecule has 3 aromatic rings. The van der Waals surface area contributed by atoms with Crippen LogP contribution < -0.4 is 10.2 Å². The molecule has 1 N–H and O–H groups in total. The molecule has 4 rings (SSSR count). The summed E-state index contributed by atoms with van der Waals surface area (Å²) in [7, 11) is 0. The molecule has 174 valence electrons. The SMILES string of the molecule is CC[C@@H](C)N(Cc1c(-c2ccccc2)noc1N1CCSCC1)C(=O)Nc1ccc(C)cc1. The highest BCUT2D eigenvalue weighted by atomic mass is 32.2. The fourth-order valence-corrected chi connectivity index (χ4v) is 4.83. The van der Waals surface area contributed by atoms with Gasteiger partial charge in [0, 0.05) is 41.9 Å². The van der Waals surface area contributed by atoms with Crippen LogP contribution in [0.2, 0.25) is 0 Å². The van der Waals surface area contributed by atoms with E-state index in [0.29, 0.717) is 6.54 Å². The molecule has 0 saturated carbocycles. The Bertz CT molecular complexity index is 1050. The van der Waals surface area contributed by atoms with E-state index in [1.165, 1.54) is 0 Å². The molecule has 0 aliphatic carbocycles. The molecule has 1 saturated heterocycles. The molecule has 2 heterocycles. The Kier molecular flexibility index (Phi) is 7.60. The number of thioether (sulfide) groups is 1. The zero-order valence-corrected chi connectivity index (χ0v) is 20.4. The average molecular weight is 465 g/mol. The topological polar surface area (TPSA) is 61.6 Å². The first-order valence-electron chi connectivity index (χ1n) is 11.6. The Morgan fingerprint density at radius 3 is 2.52 bits per heavy atom. The predicted octanol–water partition coefficient (Wildman–Crippen LogP) is 6.04. The lowest BCUT2D eigenvalue weighted by atomic mass is 10.1. The van der Waals surface area contributed by atoms with Gasteiger partial charge in [-0.1, -0.05) is 60.1 Å². The summed E-state index contributed by atoms with van der Waals surface area (Å²) in [6, 6.07) is 17.9.